The number of nitriles is 2. The minimum Gasteiger partial charge on any atom is -0.385 e. The van der Waals surface area contributed by atoms with Crippen LogP contribution in [0.2, 0.25) is 0 Å². The average molecular weight is 693 g/mol. The highest BCUT2D eigenvalue weighted by molar-refractivity contribution is 7.09. The monoisotopic (exact) mass is 692 g/mol. The van der Waals surface area contributed by atoms with E-state index in [1.807, 2.05) is 83.6 Å². The average Bonchev–Trinajstić information content (AvgIpc) is 3.97. The molecule has 0 bridgehead atoms. The molecule has 8 rings (SSSR count). The lowest BCUT2D eigenvalue weighted by molar-refractivity contribution is 0.0316. The maximum Gasteiger partial charge on any atom is 0.122 e. The topological polar surface area (TPSA) is 114 Å². The van der Waals surface area contributed by atoms with Gasteiger partial charge in [-0.25, -0.2) is 9.97 Å². The second-order valence-electron chi connectivity index (χ2n) is 13.6. The van der Waals surface area contributed by atoms with Gasteiger partial charge in [-0.05, 0) is 70.5 Å². The number of aliphatic hydroxyl groups is 2. The van der Waals surface area contributed by atoms with Gasteiger partial charge in [0.1, 0.15) is 22.2 Å². The molecule has 0 aliphatic heterocycles. The number of benzene rings is 4. The van der Waals surface area contributed by atoms with Crippen molar-refractivity contribution >= 4 is 22.7 Å². The lowest BCUT2D eigenvalue weighted by Gasteiger charge is -2.36. The summed E-state index contributed by atoms with van der Waals surface area (Å²) in [6.07, 6.45) is 3.68. The highest BCUT2D eigenvalue weighted by Gasteiger charge is 2.50. The molecule has 248 valence electrons. The van der Waals surface area contributed by atoms with Gasteiger partial charge in [0.05, 0.1) is 23.3 Å². The van der Waals surface area contributed by atoms with Crippen molar-refractivity contribution in [3.8, 4) is 12.1 Å². The molecular formula is C42H36N4O2S2. The van der Waals surface area contributed by atoms with E-state index >= 15 is 0 Å². The Balaban J connectivity index is 0.000000157. The Morgan fingerprint density at radius 3 is 1.38 bits per heavy atom. The summed E-state index contributed by atoms with van der Waals surface area (Å²) >= 11 is 2.97. The number of aromatic nitrogens is 2. The van der Waals surface area contributed by atoms with Crippen molar-refractivity contribution in [2.75, 3.05) is 0 Å². The highest BCUT2D eigenvalue weighted by atomic mass is 32.1. The molecule has 2 N–H and O–H groups in total. The fourth-order valence-corrected chi connectivity index (χ4v) is 9.71. The van der Waals surface area contributed by atoms with Crippen molar-refractivity contribution in [2.24, 2.45) is 10.8 Å². The van der Waals surface area contributed by atoms with Gasteiger partial charge in [0, 0.05) is 45.8 Å². The predicted octanol–water partition coefficient (Wildman–Crippen LogP) is 8.89. The van der Waals surface area contributed by atoms with Crippen LogP contribution < -0.4 is 0 Å². The molecule has 2 aliphatic rings. The minimum absolute atomic E-state index is 0.0240. The molecule has 2 aromatic heterocycles. The molecule has 0 radical (unpaired) electrons. The largest absolute Gasteiger partial charge is 0.385 e. The van der Waals surface area contributed by atoms with Crippen LogP contribution in [0.3, 0.4) is 0 Å². The summed E-state index contributed by atoms with van der Waals surface area (Å²) in [5, 5.41) is 46.3. The first-order valence-electron chi connectivity index (χ1n) is 16.6. The van der Waals surface area contributed by atoms with Crippen LogP contribution in [0.5, 0.6) is 0 Å². The molecule has 0 amide bonds. The molecule has 0 spiro atoms. The predicted molar refractivity (Wildman–Crippen MR) is 197 cm³/mol. The smallest absolute Gasteiger partial charge is 0.122 e. The summed E-state index contributed by atoms with van der Waals surface area (Å²) in [4.78, 5) is 8.69. The van der Waals surface area contributed by atoms with Crippen LogP contribution in [0.25, 0.3) is 0 Å². The molecule has 4 aromatic carbocycles. The van der Waals surface area contributed by atoms with E-state index in [-0.39, 0.29) is 11.8 Å². The Kier molecular flexibility index (Phi) is 9.22. The Morgan fingerprint density at radius 2 is 1.04 bits per heavy atom. The van der Waals surface area contributed by atoms with Gasteiger partial charge >= 0.3 is 0 Å². The van der Waals surface area contributed by atoms with Crippen LogP contribution in [0.15, 0.2) is 120 Å². The zero-order valence-electron chi connectivity index (χ0n) is 27.8. The van der Waals surface area contributed by atoms with E-state index in [1.165, 1.54) is 33.8 Å². The first-order chi connectivity index (χ1) is 24.3. The fourth-order valence-electron chi connectivity index (χ4n) is 8.15. The number of thiazole rings is 2. The third kappa shape index (κ3) is 5.95. The van der Waals surface area contributed by atoms with Gasteiger partial charge in [-0.15, -0.1) is 22.7 Å². The van der Waals surface area contributed by atoms with Gasteiger partial charge in [0.25, 0.3) is 0 Å². The first-order valence-corrected chi connectivity index (χ1v) is 18.3. The van der Waals surface area contributed by atoms with Crippen LogP contribution in [-0.4, -0.2) is 20.2 Å². The van der Waals surface area contributed by atoms with Crippen molar-refractivity contribution in [1.29, 1.82) is 10.5 Å². The highest BCUT2D eigenvalue weighted by Crippen LogP contribution is 2.58. The van der Waals surface area contributed by atoms with Crippen molar-refractivity contribution in [3.63, 3.8) is 0 Å². The molecule has 6 aromatic rings. The molecule has 0 fully saturated rings. The summed E-state index contributed by atoms with van der Waals surface area (Å²) in [6, 6.07) is 36.7. The Morgan fingerprint density at radius 1 is 0.640 bits per heavy atom. The van der Waals surface area contributed by atoms with Gasteiger partial charge in [-0.3, -0.25) is 0 Å². The standard InChI is InChI=1S/2C21H18N2OS/c2*1-21(19(24)20-23-9-10-25-20)12-16-8-7-14(13-22)11-17(16)18(21)15-5-3-2-4-6-15/h2*2-11,18-19,24H,12H2,1H3/t18-,19+,21+;18-,19-,21+/m00/s1. The van der Waals surface area contributed by atoms with Gasteiger partial charge in [0.2, 0.25) is 0 Å². The molecule has 6 atom stereocenters. The van der Waals surface area contributed by atoms with Crippen LogP contribution >= 0.6 is 22.7 Å². The van der Waals surface area contributed by atoms with Gasteiger partial charge in [0.15, 0.2) is 0 Å². The lowest BCUT2D eigenvalue weighted by Crippen LogP contribution is -2.31. The zero-order chi connectivity index (χ0) is 34.9. The number of nitrogens with zero attached hydrogens (tertiary/aromatic N) is 4. The Hall–Kier alpha value is -4.96. The molecule has 0 unspecified atom stereocenters. The maximum absolute atomic E-state index is 11.2. The van der Waals surface area contributed by atoms with Crippen LogP contribution in [0.1, 0.15) is 92.4 Å². The van der Waals surface area contributed by atoms with Gasteiger partial charge in [-0.2, -0.15) is 10.5 Å². The number of rotatable bonds is 6. The maximum atomic E-state index is 11.2. The Labute approximate surface area is 300 Å². The van der Waals surface area contributed by atoms with Gasteiger partial charge < -0.3 is 10.2 Å². The van der Waals surface area contributed by atoms with Crippen LogP contribution in [-0.2, 0) is 12.8 Å². The normalized spacial score (nSPS) is 23.0. The molecule has 50 heavy (non-hydrogen) atoms. The summed E-state index contributed by atoms with van der Waals surface area (Å²) in [5.74, 6) is 0.0480. The van der Waals surface area contributed by atoms with E-state index in [0.29, 0.717) is 11.1 Å². The molecule has 0 saturated carbocycles. The third-order valence-electron chi connectivity index (χ3n) is 10.5. The van der Waals surface area contributed by atoms with E-state index in [9.17, 15) is 20.7 Å². The second kappa shape index (κ2) is 13.7. The van der Waals surface area contributed by atoms with E-state index in [2.05, 4.69) is 60.2 Å². The Bertz CT molecular complexity index is 2020. The summed E-state index contributed by atoms with van der Waals surface area (Å²) in [6.45, 7) is 4.26. The molecule has 6 nitrogen and oxygen atoms in total. The van der Waals surface area contributed by atoms with Crippen LogP contribution in [0.4, 0.5) is 0 Å². The SMILES string of the molecule is C[C@@]1([C@@H](O)c2nccs2)Cc2ccc(C#N)cc2[C@@H]1c1ccccc1.C[C@@]1([C@H](O)c2nccs2)Cc2ccc(C#N)cc2[C@@H]1c1ccccc1. The molecule has 0 saturated heterocycles. The number of fused-ring (bicyclic) bond motifs is 2. The van der Waals surface area contributed by atoms with E-state index < -0.39 is 23.0 Å². The van der Waals surface area contributed by atoms with E-state index in [0.717, 1.165) is 45.1 Å². The van der Waals surface area contributed by atoms with E-state index in [4.69, 9.17) is 0 Å². The fraction of sp³-hybridized carbons (Fsp3) is 0.238. The van der Waals surface area contributed by atoms with Crippen molar-refractivity contribution < 1.29 is 10.2 Å². The van der Waals surface area contributed by atoms with Gasteiger partial charge in [-0.1, -0.05) is 86.6 Å². The molecule has 8 heteroatoms. The number of hydrogen-bond acceptors (Lipinski definition) is 8. The third-order valence-corrected chi connectivity index (χ3v) is 12.2. The number of aliphatic hydroxyl groups excluding tert-OH is 2. The van der Waals surface area contributed by atoms with Crippen molar-refractivity contribution in [3.05, 3.63) is 175 Å². The van der Waals surface area contributed by atoms with E-state index in [1.54, 1.807) is 12.4 Å². The van der Waals surface area contributed by atoms with Crippen molar-refractivity contribution in [1.82, 2.24) is 9.97 Å². The minimum atomic E-state index is -0.657. The second-order valence-corrected chi connectivity index (χ2v) is 15.5. The van der Waals surface area contributed by atoms with Crippen LogP contribution in [0, 0.1) is 33.5 Å². The summed E-state index contributed by atoms with van der Waals surface area (Å²) < 4.78 is 0. The number of hydrogen-bond donors (Lipinski definition) is 2. The van der Waals surface area contributed by atoms with Crippen molar-refractivity contribution in [2.45, 2.75) is 50.7 Å². The lowest BCUT2D eigenvalue weighted by atomic mass is 9.70. The quantitative estimate of drug-likeness (QED) is 0.180. The molecule has 2 aliphatic carbocycles. The summed E-state index contributed by atoms with van der Waals surface area (Å²) in [5.41, 5.74) is 7.51. The first kappa shape index (κ1) is 33.5. The molecule has 2 heterocycles. The zero-order valence-corrected chi connectivity index (χ0v) is 29.4. The summed E-state index contributed by atoms with van der Waals surface area (Å²) in [7, 11) is 0. The molecular weight excluding hydrogens is 657 g/mol.